The van der Waals surface area contributed by atoms with Crippen LogP contribution in [-0.2, 0) is 16.0 Å². The van der Waals surface area contributed by atoms with E-state index in [1.54, 1.807) is 7.11 Å². The second-order valence-corrected chi connectivity index (χ2v) is 5.78. The largest absolute Gasteiger partial charge is 0.497 e. The van der Waals surface area contributed by atoms with Gasteiger partial charge >= 0.3 is 0 Å². The van der Waals surface area contributed by atoms with Gasteiger partial charge in [-0.15, -0.1) is 0 Å². The van der Waals surface area contributed by atoms with Crippen LogP contribution in [0.3, 0.4) is 0 Å². The van der Waals surface area contributed by atoms with Crippen LogP contribution < -0.4 is 15.4 Å². The number of carbonyl (C=O) groups is 2. The van der Waals surface area contributed by atoms with Crippen LogP contribution in [0.25, 0.3) is 11.0 Å². The Morgan fingerprint density at radius 1 is 1.12 bits per heavy atom. The molecule has 0 aliphatic heterocycles. The molecule has 0 aliphatic rings. The second-order valence-electron chi connectivity index (χ2n) is 5.78. The van der Waals surface area contributed by atoms with Crippen LogP contribution in [-0.4, -0.2) is 35.4 Å². The number of benzene rings is 2. The topological polar surface area (TPSA) is 96.1 Å². The predicted molar refractivity (Wildman–Crippen MR) is 99.0 cm³/mol. The second kappa shape index (κ2) is 8.15. The minimum atomic E-state index is -0.334. The van der Waals surface area contributed by atoms with Crippen molar-refractivity contribution in [3.05, 3.63) is 54.1 Å². The Hall–Kier alpha value is -3.35. The highest BCUT2D eigenvalue weighted by molar-refractivity contribution is 5.94. The van der Waals surface area contributed by atoms with E-state index in [1.165, 1.54) is 0 Å². The van der Waals surface area contributed by atoms with Gasteiger partial charge in [-0.05, 0) is 36.2 Å². The highest BCUT2D eigenvalue weighted by Crippen LogP contribution is 2.14. The van der Waals surface area contributed by atoms with Crippen LogP contribution in [0.15, 0.2) is 48.5 Å². The number of aromatic amines is 1. The first-order valence-corrected chi connectivity index (χ1v) is 8.28. The van der Waals surface area contributed by atoms with Gasteiger partial charge < -0.3 is 15.0 Å². The minimum Gasteiger partial charge on any atom is -0.497 e. The summed E-state index contributed by atoms with van der Waals surface area (Å²) in [6.45, 7) is -0.103. The average Bonchev–Trinajstić information content (AvgIpc) is 3.07. The number of carbonyl (C=O) groups excluding carboxylic acids is 2. The molecule has 7 heteroatoms. The smallest absolute Gasteiger partial charge is 0.246 e. The molecule has 0 atom stereocenters. The fourth-order valence-electron chi connectivity index (χ4n) is 2.54. The van der Waals surface area contributed by atoms with Crippen molar-refractivity contribution >= 4 is 28.8 Å². The Bertz CT molecular complexity index is 887. The zero-order chi connectivity index (χ0) is 18.4. The molecule has 7 nitrogen and oxygen atoms in total. The third-order valence-electron chi connectivity index (χ3n) is 3.87. The average molecular weight is 352 g/mol. The Kier molecular flexibility index (Phi) is 5.48. The summed E-state index contributed by atoms with van der Waals surface area (Å²) in [6.07, 6.45) is 0.874. The molecule has 3 N–H and O–H groups in total. The van der Waals surface area contributed by atoms with Gasteiger partial charge in [0.15, 0.2) is 0 Å². The molecule has 26 heavy (non-hydrogen) atoms. The number of hydrogen-bond acceptors (Lipinski definition) is 4. The Labute approximate surface area is 150 Å². The lowest BCUT2D eigenvalue weighted by Crippen LogP contribution is -2.33. The summed E-state index contributed by atoms with van der Waals surface area (Å²) in [5.74, 6) is 0.598. The third-order valence-corrected chi connectivity index (χ3v) is 3.87. The van der Waals surface area contributed by atoms with Crippen molar-refractivity contribution in [3.8, 4) is 5.75 Å². The van der Waals surface area contributed by atoms with Crippen molar-refractivity contribution in [2.75, 3.05) is 19.0 Å². The number of aromatic nitrogens is 2. The molecule has 1 heterocycles. The predicted octanol–water partition coefficient (Wildman–Crippen LogP) is 2.26. The summed E-state index contributed by atoms with van der Waals surface area (Å²) >= 11 is 0. The Morgan fingerprint density at radius 3 is 2.77 bits per heavy atom. The molecule has 2 aromatic carbocycles. The first-order valence-electron chi connectivity index (χ1n) is 8.28. The van der Waals surface area contributed by atoms with Crippen LogP contribution in [0.4, 0.5) is 5.95 Å². The molecule has 2 amide bonds. The van der Waals surface area contributed by atoms with Gasteiger partial charge in [-0.3, -0.25) is 14.9 Å². The zero-order valence-electron chi connectivity index (χ0n) is 14.4. The van der Waals surface area contributed by atoms with E-state index in [0.717, 1.165) is 22.3 Å². The van der Waals surface area contributed by atoms with Crippen LogP contribution in [0, 0.1) is 0 Å². The van der Waals surface area contributed by atoms with Crippen molar-refractivity contribution in [1.82, 2.24) is 15.3 Å². The fraction of sp³-hybridized carbons (Fsp3) is 0.211. The Balaban J connectivity index is 1.44. The van der Waals surface area contributed by atoms with Gasteiger partial charge in [0.25, 0.3) is 0 Å². The molecule has 0 radical (unpaired) electrons. The highest BCUT2D eigenvalue weighted by Gasteiger charge is 2.09. The number of nitrogens with one attached hydrogen (secondary N) is 3. The number of aryl methyl sites for hydroxylation is 1. The number of rotatable bonds is 7. The van der Waals surface area contributed by atoms with Gasteiger partial charge in [0.1, 0.15) is 5.75 Å². The van der Waals surface area contributed by atoms with E-state index < -0.39 is 0 Å². The number of nitrogens with zero attached hydrogens (tertiary/aromatic N) is 1. The maximum Gasteiger partial charge on any atom is 0.246 e. The summed E-state index contributed by atoms with van der Waals surface area (Å²) in [6, 6.07) is 15.0. The van der Waals surface area contributed by atoms with Crippen molar-refractivity contribution in [1.29, 1.82) is 0 Å². The number of H-pyrrole nitrogens is 1. The van der Waals surface area contributed by atoms with Gasteiger partial charge in [-0.1, -0.05) is 24.3 Å². The maximum atomic E-state index is 11.9. The fourth-order valence-corrected chi connectivity index (χ4v) is 2.54. The lowest BCUT2D eigenvalue weighted by Gasteiger charge is -2.06. The van der Waals surface area contributed by atoms with Crippen molar-refractivity contribution in [3.63, 3.8) is 0 Å². The quantitative estimate of drug-likeness (QED) is 0.608. The molecule has 0 unspecified atom stereocenters. The SMILES string of the molecule is COc1cccc(CCC(=O)NCC(=O)Nc2nc3ccccc3[nH]2)c1. The number of para-hydroxylation sites is 2. The first-order chi connectivity index (χ1) is 12.6. The van der Waals surface area contributed by atoms with Gasteiger partial charge in [-0.2, -0.15) is 0 Å². The van der Waals surface area contributed by atoms with Gasteiger partial charge in [0.2, 0.25) is 17.8 Å². The van der Waals surface area contributed by atoms with Crippen molar-refractivity contribution < 1.29 is 14.3 Å². The van der Waals surface area contributed by atoms with E-state index in [2.05, 4.69) is 20.6 Å². The summed E-state index contributed by atoms with van der Waals surface area (Å²) in [7, 11) is 1.60. The molecule has 3 aromatic rings. The number of anilines is 1. The lowest BCUT2D eigenvalue weighted by molar-refractivity contribution is -0.124. The molecule has 0 bridgehead atoms. The summed E-state index contributed by atoms with van der Waals surface area (Å²) in [5, 5.41) is 5.25. The summed E-state index contributed by atoms with van der Waals surface area (Å²) in [4.78, 5) is 31.1. The molecular formula is C19H20N4O3. The number of hydrogen-bond donors (Lipinski definition) is 3. The van der Waals surface area contributed by atoms with E-state index in [-0.39, 0.29) is 18.4 Å². The van der Waals surface area contributed by atoms with E-state index >= 15 is 0 Å². The number of fused-ring (bicyclic) bond motifs is 1. The van der Waals surface area contributed by atoms with Gasteiger partial charge in [0, 0.05) is 6.42 Å². The van der Waals surface area contributed by atoms with Crippen LogP contribution in [0.2, 0.25) is 0 Å². The number of methoxy groups -OCH3 is 1. The molecule has 0 aliphatic carbocycles. The molecular weight excluding hydrogens is 332 g/mol. The van der Waals surface area contributed by atoms with Crippen molar-refractivity contribution in [2.45, 2.75) is 12.8 Å². The molecule has 1 aromatic heterocycles. The molecule has 134 valence electrons. The number of imidazole rings is 1. The van der Waals surface area contributed by atoms with E-state index in [4.69, 9.17) is 4.74 Å². The van der Waals surface area contributed by atoms with E-state index in [0.29, 0.717) is 18.8 Å². The highest BCUT2D eigenvalue weighted by atomic mass is 16.5. The van der Waals surface area contributed by atoms with Crippen LogP contribution in [0.1, 0.15) is 12.0 Å². The standard InChI is InChI=1S/C19H20N4O3/c1-26-14-6-4-5-13(11-14)9-10-17(24)20-12-18(25)23-19-21-15-7-2-3-8-16(15)22-19/h2-8,11H,9-10,12H2,1H3,(H,20,24)(H2,21,22,23,25). The molecule has 0 saturated heterocycles. The minimum absolute atomic E-state index is 0.103. The van der Waals surface area contributed by atoms with E-state index in [1.807, 2.05) is 48.5 Å². The molecule has 0 spiro atoms. The van der Waals surface area contributed by atoms with E-state index in [9.17, 15) is 9.59 Å². The van der Waals surface area contributed by atoms with Crippen LogP contribution >= 0.6 is 0 Å². The number of ether oxygens (including phenoxy) is 1. The summed E-state index contributed by atoms with van der Waals surface area (Å²) < 4.78 is 5.16. The van der Waals surface area contributed by atoms with Gasteiger partial charge in [0.05, 0.1) is 24.7 Å². The van der Waals surface area contributed by atoms with Crippen LogP contribution in [0.5, 0.6) is 5.75 Å². The van der Waals surface area contributed by atoms with Gasteiger partial charge in [-0.25, -0.2) is 4.98 Å². The molecule has 0 fully saturated rings. The van der Waals surface area contributed by atoms with Crippen molar-refractivity contribution in [2.24, 2.45) is 0 Å². The molecule has 3 rings (SSSR count). The number of amides is 2. The monoisotopic (exact) mass is 352 g/mol. The molecule has 0 saturated carbocycles. The first kappa shape index (κ1) is 17.5. The zero-order valence-corrected chi connectivity index (χ0v) is 14.4. The lowest BCUT2D eigenvalue weighted by atomic mass is 10.1. The normalized spacial score (nSPS) is 10.5. The Morgan fingerprint density at radius 2 is 1.96 bits per heavy atom. The maximum absolute atomic E-state index is 11.9. The third kappa shape index (κ3) is 4.60. The summed E-state index contributed by atoms with van der Waals surface area (Å²) in [5.41, 5.74) is 2.61.